The smallest absolute Gasteiger partial charge is 0.338 e. The minimum Gasteiger partial charge on any atom is -0.456 e. The van der Waals surface area contributed by atoms with Gasteiger partial charge in [0.25, 0.3) is 0 Å². The van der Waals surface area contributed by atoms with Crippen LogP contribution in [0.4, 0.5) is 0 Å². The summed E-state index contributed by atoms with van der Waals surface area (Å²) < 4.78 is 7.11. The molecule has 0 bridgehead atoms. The second-order valence-electron chi connectivity index (χ2n) is 5.28. The number of hydrogen-bond donors (Lipinski definition) is 0. The number of pyridine rings is 1. The van der Waals surface area contributed by atoms with E-state index in [0.29, 0.717) is 5.56 Å². The maximum absolute atomic E-state index is 12.1. The highest BCUT2D eigenvalue weighted by atomic mass is 16.5. The molecule has 1 aromatic carbocycles. The van der Waals surface area contributed by atoms with E-state index in [0.717, 1.165) is 22.8 Å². The third-order valence-corrected chi connectivity index (χ3v) is 3.43. The first-order valence-corrected chi connectivity index (χ1v) is 7.34. The van der Waals surface area contributed by atoms with Crippen molar-refractivity contribution in [3.8, 4) is 5.69 Å². The second kappa shape index (κ2) is 6.44. The van der Waals surface area contributed by atoms with Gasteiger partial charge in [0.15, 0.2) is 0 Å². The van der Waals surface area contributed by atoms with Crippen LogP contribution in [0, 0.1) is 13.8 Å². The Kier molecular flexibility index (Phi) is 4.19. The molecule has 0 aliphatic carbocycles. The molecular weight excluding hydrogens is 290 g/mol. The van der Waals surface area contributed by atoms with E-state index in [1.165, 1.54) is 0 Å². The molecule has 0 aliphatic rings. The molecule has 2 aromatic heterocycles. The molecular formula is C18H17N3O2. The van der Waals surface area contributed by atoms with E-state index in [9.17, 15) is 4.79 Å². The van der Waals surface area contributed by atoms with Gasteiger partial charge in [-0.3, -0.25) is 4.98 Å². The molecule has 0 atom stereocenters. The summed E-state index contributed by atoms with van der Waals surface area (Å²) in [5.41, 5.74) is 4.15. The number of ether oxygens (including phenoxy) is 1. The molecule has 3 rings (SSSR count). The number of hydrogen-bond acceptors (Lipinski definition) is 4. The van der Waals surface area contributed by atoms with Crippen molar-refractivity contribution in [2.45, 2.75) is 20.5 Å². The lowest BCUT2D eigenvalue weighted by Crippen LogP contribution is -2.06. The zero-order valence-electron chi connectivity index (χ0n) is 13.1. The average molecular weight is 307 g/mol. The Hall–Kier alpha value is -2.95. The predicted molar refractivity (Wildman–Crippen MR) is 86.4 cm³/mol. The van der Waals surface area contributed by atoms with Gasteiger partial charge in [0, 0.05) is 11.9 Å². The van der Waals surface area contributed by atoms with Crippen LogP contribution >= 0.6 is 0 Å². The number of esters is 1. The van der Waals surface area contributed by atoms with Crippen molar-refractivity contribution in [1.29, 1.82) is 0 Å². The highest BCUT2D eigenvalue weighted by Gasteiger charge is 2.09. The largest absolute Gasteiger partial charge is 0.456 e. The van der Waals surface area contributed by atoms with Gasteiger partial charge in [0.1, 0.15) is 6.61 Å². The third kappa shape index (κ3) is 3.45. The minimum absolute atomic E-state index is 0.166. The second-order valence-corrected chi connectivity index (χ2v) is 5.28. The Morgan fingerprint density at radius 3 is 2.52 bits per heavy atom. The van der Waals surface area contributed by atoms with Crippen molar-refractivity contribution in [2.75, 3.05) is 0 Å². The summed E-state index contributed by atoms with van der Waals surface area (Å²) in [4.78, 5) is 16.2. The Morgan fingerprint density at radius 1 is 1.13 bits per heavy atom. The molecule has 0 saturated heterocycles. The first kappa shape index (κ1) is 15.0. The maximum Gasteiger partial charge on any atom is 0.338 e. The lowest BCUT2D eigenvalue weighted by Gasteiger charge is -2.07. The van der Waals surface area contributed by atoms with Crippen molar-refractivity contribution in [3.63, 3.8) is 0 Å². The molecule has 0 unspecified atom stereocenters. The van der Waals surface area contributed by atoms with Gasteiger partial charge in [-0.15, -0.1) is 0 Å². The van der Waals surface area contributed by atoms with Crippen molar-refractivity contribution >= 4 is 5.97 Å². The quantitative estimate of drug-likeness (QED) is 0.694. The van der Waals surface area contributed by atoms with E-state index in [2.05, 4.69) is 10.1 Å². The predicted octanol–water partition coefficient (Wildman–Crippen LogP) is 3.24. The highest BCUT2D eigenvalue weighted by molar-refractivity contribution is 5.89. The van der Waals surface area contributed by atoms with Crippen LogP contribution in [0.2, 0.25) is 0 Å². The lowest BCUT2D eigenvalue weighted by molar-refractivity contribution is 0.0468. The van der Waals surface area contributed by atoms with Gasteiger partial charge < -0.3 is 4.74 Å². The van der Waals surface area contributed by atoms with Crippen molar-refractivity contribution in [1.82, 2.24) is 14.8 Å². The Bertz CT molecular complexity index is 808. The molecule has 0 aliphatic heterocycles. The fourth-order valence-electron chi connectivity index (χ4n) is 2.34. The first-order valence-electron chi connectivity index (χ1n) is 7.34. The average Bonchev–Trinajstić information content (AvgIpc) is 2.92. The van der Waals surface area contributed by atoms with E-state index in [-0.39, 0.29) is 12.6 Å². The van der Waals surface area contributed by atoms with Crippen LogP contribution in [-0.4, -0.2) is 20.7 Å². The van der Waals surface area contributed by atoms with Gasteiger partial charge in [-0.2, -0.15) is 5.10 Å². The van der Waals surface area contributed by atoms with Crippen LogP contribution in [-0.2, 0) is 11.3 Å². The van der Waals surface area contributed by atoms with Gasteiger partial charge in [-0.25, -0.2) is 9.48 Å². The monoisotopic (exact) mass is 307 g/mol. The van der Waals surface area contributed by atoms with Gasteiger partial charge >= 0.3 is 5.97 Å². The number of nitrogens with zero attached hydrogens (tertiary/aromatic N) is 3. The molecule has 0 spiro atoms. The Labute approximate surface area is 134 Å². The van der Waals surface area contributed by atoms with Crippen molar-refractivity contribution in [3.05, 3.63) is 77.4 Å². The lowest BCUT2D eigenvalue weighted by atomic mass is 10.2. The summed E-state index contributed by atoms with van der Waals surface area (Å²) in [7, 11) is 0. The molecule has 0 amide bonds. The summed E-state index contributed by atoms with van der Waals surface area (Å²) in [5.74, 6) is -0.365. The summed E-state index contributed by atoms with van der Waals surface area (Å²) >= 11 is 0. The van der Waals surface area contributed by atoms with Crippen molar-refractivity contribution < 1.29 is 9.53 Å². The molecule has 0 radical (unpaired) electrons. The van der Waals surface area contributed by atoms with Gasteiger partial charge in [0.2, 0.25) is 0 Å². The van der Waals surface area contributed by atoms with Crippen LogP contribution in [0.15, 0.2) is 54.7 Å². The number of carbonyl (C=O) groups is 1. The van der Waals surface area contributed by atoms with Crippen LogP contribution in [0.1, 0.15) is 27.4 Å². The molecule has 5 nitrogen and oxygen atoms in total. The maximum atomic E-state index is 12.1. The highest BCUT2D eigenvalue weighted by Crippen LogP contribution is 2.14. The SMILES string of the molecule is Cc1cc(C)n(-c2ccc(C(=O)OCc3ccccn3)cc2)n1. The third-order valence-electron chi connectivity index (χ3n) is 3.43. The first-order chi connectivity index (χ1) is 11.1. The summed E-state index contributed by atoms with van der Waals surface area (Å²) in [5, 5.41) is 4.42. The molecule has 23 heavy (non-hydrogen) atoms. The zero-order valence-corrected chi connectivity index (χ0v) is 13.1. The van der Waals surface area contributed by atoms with Crippen LogP contribution in [0.5, 0.6) is 0 Å². The summed E-state index contributed by atoms with van der Waals surface area (Å²) in [6.07, 6.45) is 1.67. The Morgan fingerprint density at radius 2 is 1.91 bits per heavy atom. The number of carbonyl (C=O) groups excluding carboxylic acids is 1. The van der Waals surface area contributed by atoms with E-state index in [1.807, 2.05) is 54.9 Å². The Balaban J connectivity index is 1.69. The topological polar surface area (TPSA) is 57.0 Å². The standard InChI is InChI=1S/C18H17N3O2/c1-13-11-14(2)21(20-13)17-8-6-15(7-9-17)18(22)23-12-16-5-3-4-10-19-16/h3-11H,12H2,1-2H3. The molecule has 2 heterocycles. The van der Waals surface area contributed by atoms with Crippen LogP contribution < -0.4 is 0 Å². The molecule has 116 valence electrons. The molecule has 0 fully saturated rings. The zero-order chi connectivity index (χ0) is 16.2. The number of rotatable bonds is 4. The molecule has 3 aromatic rings. The van der Waals surface area contributed by atoms with Gasteiger partial charge in [0.05, 0.1) is 22.6 Å². The number of aromatic nitrogens is 3. The number of aryl methyl sites for hydroxylation is 2. The van der Waals surface area contributed by atoms with E-state index < -0.39 is 0 Å². The van der Waals surface area contributed by atoms with Crippen LogP contribution in [0.25, 0.3) is 5.69 Å². The normalized spacial score (nSPS) is 10.5. The van der Waals surface area contributed by atoms with Crippen molar-refractivity contribution in [2.24, 2.45) is 0 Å². The summed E-state index contributed by atoms with van der Waals surface area (Å²) in [6.45, 7) is 4.11. The van der Waals surface area contributed by atoms with Gasteiger partial charge in [-0.1, -0.05) is 6.07 Å². The fraction of sp³-hybridized carbons (Fsp3) is 0.167. The fourth-order valence-corrected chi connectivity index (χ4v) is 2.34. The van der Waals surface area contributed by atoms with Crippen LogP contribution in [0.3, 0.4) is 0 Å². The van der Waals surface area contributed by atoms with E-state index >= 15 is 0 Å². The molecule has 0 saturated carbocycles. The molecule has 5 heteroatoms. The number of benzene rings is 1. The summed E-state index contributed by atoms with van der Waals surface area (Å²) in [6, 6.07) is 14.7. The minimum atomic E-state index is -0.365. The van der Waals surface area contributed by atoms with Gasteiger partial charge in [-0.05, 0) is 56.3 Å². The van der Waals surface area contributed by atoms with E-state index in [4.69, 9.17) is 4.74 Å². The molecule has 0 N–H and O–H groups in total. The van der Waals surface area contributed by atoms with E-state index in [1.54, 1.807) is 18.3 Å².